The van der Waals surface area contributed by atoms with Gasteiger partial charge in [-0.2, -0.15) is 0 Å². The standard InChI is InChI=1S/C5H10O2S/c1-4(2)7-5(6)8-3/h4H,1-3H3. The highest BCUT2D eigenvalue weighted by Crippen LogP contribution is 2.01. The lowest BCUT2D eigenvalue weighted by atomic mass is 10.5. The van der Waals surface area contributed by atoms with E-state index >= 15 is 0 Å². The molecule has 0 radical (unpaired) electrons. The summed E-state index contributed by atoms with van der Waals surface area (Å²) < 4.78 is 4.72. The molecule has 0 saturated heterocycles. The molecule has 0 heterocycles. The smallest absolute Gasteiger partial charge is 0.367 e. The van der Waals surface area contributed by atoms with Crippen molar-refractivity contribution in [3.63, 3.8) is 0 Å². The second-order valence-corrected chi connectivity index (χ2v) is 2.36. The topological polar surface area (TPSA) is 26.3 Å². The zero-order chi connectivity index (χ0) is 6.57. The van der Waals surface area contributed by atoms with Gasteiger partial charge in [0, 0.05) is 0 Å². The van der Waals surface area contributed by atoms with Crippen molar-refractivity contribution >= 4 is 17.1 Å². The van der Waals surface area contributed by atoms with Crippen molar-refractivity contribution in [2.75, 3.05) is 6.26 Å². The molecule has 0 saturated carbocycles. The number of thioether (sulfide) groups is 1. The van der Waals surface area contributed by atoms with Crippen LogP contribution in [0.2, 0.25) is 0 Å². The monoisotopic (exact) mass is 134 g/mol. The predicted octanol–water partition coefficient (Wildman–Crippen LogP) is 1.89. The fraction of sp³-hybridized carbons (Fsp3) is 0.800. The minimum absolute atomic E-state index is 0.00921. The van der Waals surface area contributed by atoms with Crippen LogP contribution in [-0.4, -0.2) is 17.7 Å². The second-order valence-electron chi connectivity index (χ2n) is 1.62. The van der Waals surface area contributed by atoms with Gasteiger partial charge in [-0.3, -0.25) is 0 Å². The summed E-state index contributed by atoms with van der Waals surface area (Å²) in [5.74, 6) is 0. The van der Waals surface area contributed by atoms with E-state index < -0.39 is 0 Å². The van der Waals surface area contributed by atoms with Crippen LogP contribution in [0.4, 0.5) is 4.79 Å². The molecule has 3 heteroatoms. The zero-order valence-electron chi connectivity index (χ0n) is 5.30. The Morgan fingerprint density at radius 2 is 2.12 bits per heavy atom. The SMILES string of the molecule is CSC(=O)OC(C)C. The van der Waals surface area contributed by atoms with E-state index in [0.29, 0.717) is 0 Å². The molecule has 0 unspecified atom stereocenters. The molecule has 0 fully saturated rings. The highest BCUT2D eigenvalue weighted by atomic mass is 32.2. The summed E-state index contributed by atoms with van der Waals surface area (Å²) in [6.45, 7) is 3.66. The minimum Gasteiger partial charge on any atom is -0.455 e. The molecule has 0 spiro atoms. The van der Waals surface area contributed by atoms with E-state index in [1.165, 1.54) is 0 Å². The third-order valence-electron chi connectivity index (χ3n) is 0.499. The van der Waals surface area contributed by atoms with Crippen LogP contribution in [0.3, 0.4) is 0 Å². The number of carbonyl (C=O) groups is 1. The lowest BCUT2D eigenvalue weighted by Gasteiger charge is -2.03. The van der Waals surface area contributed by atoms with Gasteiger partial charge in [0.1, 0.15) is 0 Å². The molecule has 0 aromatic carbocycles. The maximum absolute atomic E-state index is 10.4. The van der Waals surface area contributed by atoms with Gasteiger partial charge in [-0.25, -0.2) is 4.79 Å². The molecule has 0 aliphatic rings. The molecule has 0 aliphatic heterocycles. The Labute approximate surface area is 53.6 Å². The molecule has 0 aromatic rings. The largest absolute Gasteiger partial charge is 0.455 e. The van der Waals surface area contributed by atoms with Gasteiger partial charge in [0.25, 0.3) is 0 Å². The van der Waals surface area contributed by atoms with E-state index in [9.17, 15) is 4.79 Å². The first-order chi connectivity index (χ1) is 3.66. The average Bonchev–Trinajstić information content (AvgIpc) is 1.65. The van der Waals surface area contributed by atoms with Crippen molar-refractivity contribution in [3.05, 3.63) is 0 Å². The van der Waals surface area contributed by atoms with E-state index in [0.717, 1.165) is 11.8 Å². The first-order valence-corrected chi connectivity index (χ1v) is 3.64. The van der Waals surface area contributed by atoms with Gasteiger partial charge in [0.2, 0.25) is 0 Å². The van der Waals surface area contributed by atoms with Crippen molar-refractivity contribution in [1.29, 1.82) is 0 Å². The van der Waals surface area contributed by atoms with Crippen molar-refractivity contribution in [2.45, 2.75) is 20.0 Å². The Morgan fingerprint density at radius 1 is 1.62 bits per heavy atom. The van der Waals surface area contributed by atoms with Gasteiger partial charge in [0.15, 0.2) is 0 Å². The van der Waals surface area contributed by atoms with E-state index in [1.54, 1.807) is 6.26 Å². The van der Waals surface area contributed by atoms with Gasteiger partial charge in [0.05, 0.1) is 6.10 Å². The molecular weight excluding hydrogens is 124 g/mol. The van der Waals surface area contributed by atoms with E-state index in [-0.39, 0.29) is 11.4 Å². The van der Waals surface area contributed by atoms with Gasteiger partial charge in [-0.05, 0) is 31.9 Å². The Hall–Kier alpha value is -0.180. The molecule has 0 rings (SSSR count). The summed E-state index contributed by atoms with van der Waals surface area (Å²) in [5.41, 5.74) is 0. The normalized spacial score (nSPS) is 9.50. The summed E-state index contributed by atoms with van der Waals surface area (Å²) in [5, 5.41) is -0.208. The molecule has 0 N–H and O–H groups in total. The van der Waals surface area contributed by atoms with Crippen LogP contribution in [-0.2, 0) is 4.74 Å². The van der Waals surface area contributed by atoms with Crippen LogP contribution in [0, 0.1) is 0 Å². The lowest BCUT2D eigenvalue weighted by molar-refractivity contribution is 0.143. The molecule has 0 aromatic heterocycles. The third-order valence-corrected chi connectivity index (χ3v) is 0.928. The number of hydrogen-bond donors (Lipinski definition) is 0. The van der Waals surface area contributed by atoms with Crippen molar-refractivity contribution in [3.8, 4) is 0 Å². The lowest BCUT2D eigenvalue weighted by Crippen LogP contribution is -2.05. The Morgan fingerprint density at radius 3 is 2.25 bits per heavy atom. The molecule has 2 nitrogen and oxygen atoms in total. The minimum atomic E-state index is -0.208. The molecule has 48 valence electrons. The highest BCUT2D eigenvalue weighted by Gasteiger charge is 1.99. The van der Waals surface area contributed by atoms with Gasteiger partial charge < -0.3 is 4.74 Å². The fourth-order valence-electron chi connectivity index (χ4n) is 0.241. The first kappa shape index (κ1) is 7.82. The second kappa shape index (κ2) is 3.78. The number of ether oxygens (including phenoxy) is 1. The third kappa shape index (κ3) is 3.99. The molecular formula is C5H10O2S. The molecule has 0 aliphatic carbocycles. The maximum atomic E-state index is 10.4. The van der Waals surface area contributed by atoms with Gasteiger partial charge >= 0.3 is 5.30 Å². The molecule has 8 heavy (non-hydrogen) atoms. The van der Waals surface area contributed by atoms with Crippen LogP contribution in [0.1, 0.15) is 13.8 Å². The van der Waals surface area contributed by atoms with Crippen LogP contribution < -0.4 is 0 Å². The van der Waals surface area contributed by atoms with Crippen molar-refractivity contribution in [2.24, 2.45) is 0 Å². The van der Waals surface area contributed by atoms with E-state index in [1.807, 2.05) is 13.8 Å². The fourth-order valence-corrected chi connectivity index (χ4v) is 0.529. The Bertz CT molecular complexity index is 80.5. The summed E-state index contributed by atoms with van der Waals surface area (Å²) in [6.07, 6.45) is 1.71. The van der Waals surface area contributed by atoms with Gasteiger partial charge in [-0.15, -0.1) is 0 Å². The van der Waals surface area contributed by atoms with Crippen LogP contribution in [0.25, 0.3) is 0 Å². The van der Waals surface area contributed by atoms with E-state index in [2.05, 4.69) is 0 Å². The van der Waals surface area contributed by atoms with Crippen LogP contribution in [0.5, 0.6) is 0 Å². The van der Waals surface area contributed by atoms with Crippen LogP contribution in [0.15, 0.2) is 0 Å². The number of rotatable bonds is 1. The number of hydrogen-bond acceptors (Lipinski definition) is 3. The quantitative estimate of drug-likeness (QED) is 0.512. The van der Waals surface area contributed by atoms with Crippen molar-refractivity contribution < 1.29 is 9.53 Å². The van der Waals surface area contributed by atoms with Gasteiger partial charge in [-0.1, -0.05) is 0 Å². The summed E-state index contributed by atoms with van der Waals surface area (Å²) >= 11 is 1.09. The molecule has 0 bridgehead atoms. The Kier molecular flexibility index (Phi) is 3.69. The predicted molar refractivity (Wildman–Crippen MR) is 35.1 cm³/mol. The number of carbonyl (C=O) groups excluding carboxylic acids is 1. The maximum Gasteiger partial charge on any atom is 0.367 e. The summed E-state index contributed by atoms with van der Waals surface area (Å²) in [7, 11) is 0. The molecule has 0 amide bonds. The molecule has 0 atom stereocenters. The van der Waals surface area contributed by atoms with Crippen molar-refractivity contribution in [1.82, 2.24) is 0 Å². The van der Waals surface area contributed by atoms with E-state index in [4.69, 9.17) is 4.74 Å². The summed E-state index contributed by atoms with van der Waals surface area (Å²) in [4.78, 5) is 10.4. The average molecular weight is 134 g/mol. The zero-order valence-corrected chi connectivity index (χ0v) is 6.12. The summed E-state index contributed by atoms with van der Waals surface area (Å²) in [6, 6.07) is 0. The Balaban J connectivity index is 3.25. The highest BCUT2D eigenvalue weighted by molar-refractivity contribution is 8.12. The van der Waals surface area contributed by atoms with Crippen LogP contribution >= 0.6 is 11.8 Å². The first-order valence-electron chi connectivity index (χ1n) is 2.41.